The van der Waals surface area contributed by atoms with Crippen molar-refractivity contribution in [3.63, 3.8) is 0 Å². The highest BCUT2D eigenvalue weighted by Crippen LogP contribution is 2.25. The summed E-state index contributed by atoms with van der Waals surface area (Å²) in [7, 11) is 2.17. The molecule has 2 atom stereocenters. The summed E-state index contributed by atoms with van der Waals surface area (Å²) < 4.78 is 0. The molecule has 1 aliphatic heterocycles. The third-order valence-corrected chi connectivity index (χ3v) is 3.87. The van der Waals surface area contributed by atoms with Gasteiger partial charge in [-0.15, -0.1) is 0 Å². The van der Waals surface area contributed by atoms with E-state index in [1.54, 1.807) is 24.3 Å². The van der Waals surface area contributed by atoms with Crippen LogP contribution in [0.2, 0.25) is 6.32 Å². The highest BCUT2D eigenvalue weighted by Gasteiger charge is 2.35. The molecule has 0 aromatic heterocycles. The Hall–Kier alpha value is -1.58. The van der Waals surface area contributed by atoms with Gasteiger partial charge < -0.3 is 0 Å². The molecule has 0 bridgehead atoms. The lowest BCUT2D eigenvalue weighted by atomic mass is 9.86. The molecule has 0 radical (unpaired) electrons. The number of carbonyl (C=O) groups is 2. The van der Waals surface area contributed by atoms with Gasteiger partial charge in [-0.1, -0.05) is 38.2 Å². The van der Waals surface area contributed by atoms with E-state index < -0.39 is 0 Å². The lowest BCUT2D eigenvalue weighted by Crippen LogP contribution is -2.34. The summed E-state index contributed by atoms with van der Waals surface area (Å²) in [4.78, 5) is 25.8. The Bertz CT molecular complexity index is 466. The van der Waals surface area contributed by atoms with Crippen molar-refractivity contribution in [3.05, 3.63) is 35.4 Å². The summed E-state index contributed by atoms with van der Waals surface area (Å²) in [6.07, 6.45) is 2.18. The predicted octanol–water partition coefficient (Wildman–Crippen LogP) is 2.00. The Morgan fingerprint density at radius 2 is 1.58 bits per heavy atom. The third kappa shape index (κ3) is 2.72. The maximum atomic E-state index is 12.2. The minimum absolute atomic E-state index is 0.142. The van der Waals surface area contributed by atoms with Crippen LogP contribution in [0.5, 0.6) is 0 Å². The lowest BCUT2D eigenvalue weighted by Gasteiger charge is -2.21. The number of benzene rings is 1. The number of rotatable bonds is 5. The molecule has 2 amide bonds. The molecule has 19 heavy (non-hydrogen) atoms. The smallest absolute Gasteiger partial charge is 0.261 e. The van der Waals surface area contributed by atoms with Gasteiger partial charge in [0.1, 0.15) is 7.85 Å². The standard InChI is InChI=1S/C15H20BNO2/c1-10(8-16)7-11(2)9-17-14(18)12-5-3-4-6-13(12)15(17)19/h3-6,10-11H,7-9,16H2,1-2H3. The Labute approximate surface area is 115 Å². The van der Waals surface area contributed by atoms with E-state index in [0.717, 1.165) is 12.7 Å². The van der Waals surface area contributed by atoms with Gasteiger partial charge in [0.15, 0.2) is 0 Å². The molecule has 1 aliphatic rings. The summed E-state index contributed by atoms with van der Waals surface area (Å²) in [5.41, 5.74) is 1.09. The second-order valence-corrected chi connectivity index (χ2v) is 5.62. The van der Waals surface area contributed by atoms with E-state index in [4.69, 9.17) is 0 Å². The van der Waals surface area contributed by atoms with Gasteiger partial charge in [-0.3, -0.25) is 14.5 Å². The molecule has 0 aliphatic carbocycles. The zero-order chi connectivity index (χ0) is 14.0. The molecule has 0 N–H and O–H groups in total. The van der Waals surface area contributed by atoms with Crippen LogP contribution in [0, 0.1) is 11.8 Å². The van der Waals surface area contributed by atoms with Crippen molar-refractivity contribution in [2.24, 2.45) is 11.8 Å². The van der Waals surface area contributed by atoms with Crippen LogP contribution in [0.25, 0.3) is 0 Å². The Kier molecular flexibility index (Phi) is 4.08. The van der Waals surface area contributed by atoms with Gasteiger partial charge in [0, 0.05) is 6.54 Å². The van der Waals surface area contributed by atoms with E-state index in [9.17, 15) is 9.59 Å². The van der Waals surface area contributed by atoms with Crippen molar-refractivity contribution < 1.29 is 9.59 Å². The summed E-state index contributed by atoms with van der Waals surface area (Å²) in [6.45, 7) is 4.84. The first-order chi connectivity index (χ1) is 9.04. The van der Waals surface area contributed by atoms with Gasteiger partial charge in [0.05, 0.1) is 11.1 Å². The highest BCUT2D eigenvalue weighted by molar-refractivity contribution is 6.21. The van der Waals surface area contributed by atoms with Crippen molar-refractivity contribution >= 4 is 19.7 Å². The Morgan fingerprint density at radius 1 is 1.05 bits per heavy atom. The van der Waals surface area contributed by atoms with Crippen molar-refractivity contribution in [2.75, 3.05) is 6.54 Å². The molecule has 3 nitrogen and oxygen atoms in total. The van der Waals surface area contributed by atoms with Crippen molar-refractivity contribution in [2.45, 2.75) is 26.6 Å². The fourth-order valence-electron chi connectivity index (χ4n) is 2.64. The summed E-state index contributed by atoms with van der Waals surface area (Å²) in [5, 5.41) is 0. The van der Waals surface area contributed by atoms with Crippen molar-refractivity contribution in [1.29, 1.82) is 0 Å². The first kappa shape index (κ1) is 13.8. The van der Waals surface area contributed by atoms with Crippen LogP contribution >= 0.6 is 0 Å². The number of hydrogen-bond donors (Lipinski definition) is 0. The van der Waals surface area contributed by atoms with Crippen molar-refractivity contribution in [3.8, 4) is 0 Å². The number of carbonyl (C=O) groups excluding carboxylic acids is 2. The number of fused-ring (bicyclic) bond motifs is 1. The first-order valence-corrected chi connectivity index (χ1v) is 6.99. The summed E-state index contributed by atoms with van der Waals surface area (Å²) >= 11 is 0. The lowest BCUT2D eigenvalue weighted by molar-refractivity contribution is 0.0627. The molecule has 1 aromatic carbocycles. The predicted molar refractivity (Wildman–Crippen MR) is 78.1 cm³/mol. The molecule has 0 saturated heterocycles. The second kappa shape index (κ2) is 5.60. The summed E-state index contributed by atoms with van der Waals surface area (Å²) in [6, 6.07) is 7.07. The number of amides is 2. The van der Waals surface area contributed by atoms with Gasteiger partial charge >= 0.3 is 0 Å². The number of hydrogen-bond acceptors (Lipinski definition) is 2. The molecule has 1 heterocycles. The van der Waals surface area contributed by atoms with Crippen LogP contribution in [0.1, 0.15) is 41.0 Å². The minimum atomic E-state index is -0.142. The van der Waals surface area contributed by atoms with Crippen LogP contribution < -0.4 is 0 Å². The SMILES string of the molecule is BCC(C)CC(C)CN1C(=O)c2ccccc2C1=O. The van der Waals surface area contributed by atoms with E-state index >= 15 is 0 Å². The van der Waals surface area contributed by atoms with Gasteiger partial charge in [-0.05, 0) is 24.5 Å². The molecule has 0 fully saturated rings. The van der Waals surface area contributed by atoms with Gasteiger partial charge in [0.2, 0.25) is 0 Å². The molecule has 100 valence electrons. The van der Waals surface area contributed by atoms with Crippen LogP contribution in [-0.2, 0) is 0 Å². The van der Waals surface area contributed by atoms with Crippen molar-refractivity contribution in [1.82, 2.24) is 4.90 Å². The van der Waals surface area contributed by atoms with E-state index in [-0.39, 0.29) is 11.8 Å². The van der Waals surface area contributed by atoms with E-state index in [1.165, 1.54) is 4.90 Å². The minimum Gasteiger partial charge on any atom is -0.274 e. The Balaban J connectivity index is 2.08. The number of imide groups is 1. The normalized spacial score (nSPS) is 17.5. The fraction of sp³-hybridized carbons (Fsp3) is 0.467. The maximum Gasteiger partial charge on any atom is 0.261 e. The molecule has 0 spiro atoms. The number of nitrogens with zero attached hydrogens (tertiary/aromatic N) is 1. The zero-order valence-electron chi connectivity index (χ0n) is 11.8. The van der Waals surface area contributed by atoms with Crippen LogP contribution in [0.3, 0.4) is 0 Å². The highest BCUT2D eigenvalue weighted by atomic mass is 16.2. The van der Waals surface area contributed by atoms with Crippen LogP contribution in [0.4, 0.5) is 0 Å². The van der Waals surface area contributed by atoms with Gasteiger partial charge in [-0.2, -0.15) is 0 Å². The van der Waals surface area contributed by atoms with Crippen LogP contribution in [0.15, 0.2) is 24.3 Å². The van der Waals surface area contributed by atoms with E-state index in [0.29, 0.717) is 29.5 Å². The zero-order valence-corrected chi connectivity index (χ0v) is 11.8. The first-order valence-electron chi connectivity index (χ1n) is 6.99. The second-order valence-electron chi connectivity index (χ2n) is 5.62. The van der Waals surface area contributed by atoms with E-state index in [1.807, 2.05) is 0 Å². The Morgan fingerprint density at radius 3 is 2.05 bits per heavy atom. The molecule has 1 aromatic rings. The van der Waals surface area contributed by atoms with E-state index in [2.05, 4.69) is 21.7 Å². The average Bonchev–Trinajstić information content (AvgIpc) is 2.64. The topological polar surface area (TPSA) is 37.4 Å². The summed E-state index contributed by atoms with van der Waals surface area (Å²) in [5.74, 6) is 0.690. The van der Waals surface area contributed by atoms with Gasteiger partial charge in [0.25, 0.3) is 11.8 Å². The monoisotopic (exact) mass is 257 g/mol. The molecule has 2 rings (SSSR count). The molecule has 0 saturated carbocycles. The fourth-order valence-corrected chi connectivity index (χ4v) is 2.64. The van der Waals surface area contributed by atoms with Crippen LogP contribution in [-0.4, -0.2) is 31.1 Å². The molecular formula is C15H20BNO2. The maximum absolute atomic E-state index is 12.2. The molecular weight excluding hydrogens is 237 g/mol. The molecule has 4 heteroatoms. The average molecular weight is 257 g/mol. The third-order valence-electron chi connectivity index (χ3n) is 3.87. The van der Waals surface area contributed by atoms with Gasteiger partial charge in [-0.25, -0.2) is 0 Å². The largest absolute Gasteiger partial charge is 0.274 e. The quantitative estimate of drug-likeness (QED) is 0.597. The molecule has 2 unspecified atom stereocenters.